The van der Waals surface area contributed by atoms with Crippen LogP contribution in [0.5, 0.6) is 0 Å². The van der Waals surface area contributed by atoms with E-state index in [-0.39, 0.29) is 5.92 Å². The van der Waals surface area contributed by atoms with Crippen molar-refractivity contribution in [3.05, 3.63) is 26.7 Å². The Hall–Kier alpha value is -1.79. The molecule has 1 aliphatic carbocycles. The standard InChI is InChI=1S/C18H22F3N5O2S2/c1-10-9-30-15(22-10)17(28,18(19,20)21)8-13(27)25-6-4-11(5-7-25)14-23-24-16(29)26(14)12-2-3-12/h9,11-12,28H,2-8H2,1H3,(H,24,29). The summed E-state index contributed by atoms with van der Waals surface area (Å²) in [7, 11) is 0. The number of hydrogen-bond acceptors (Lipinski definition) is 6. The summed E-state index contributed by atoms with van der Waals surface area (Å²) in [5.74, 6) is 0.215. The Kier molecular flexibility index (Phi) is 5.52. The molecule has 1 atom stereocenters. The zero-order valence-corrected chi connectivity index (χ0v) is 17.9. The van der Waals surface area contributed by atoms with Crippen LogP contribution in [0.25, 0.3) is 0 Å². The van der Waals surface area contributed by atoms with Crippen LogP contribution in [0.15, 0.2) is 5.38 Å². The Morgan fingerprint density at radius 1 is 1.33 bits per heavy atom. The molecular weight excluding hydrogens is 439 g/mol. The van der Waals surface area contributed by atoms with Crippen molar-refractivity contribution in [2.45, 2.75) is 62.8 Å². The minimum atomic E-state index is -5.00. The summed E-state index contributed by atoms with van der Waals surface area (Å²) in [5.41, 5.74) is -2.91. The molecule has 1 unspecified atom stereocenters. The van der Waals surface area contributed by atoms with Crippen molar-refractivity contribution in [3.63, 3.8) is 0 Å². The number of amides is 1. The van der Waals surface area contributed by atoms with Gasteiger partial charge in [0.15, 0.2) is 4.77 Å². The van der Waals surface area contributed by atoms with Gasteiger partial charge < -0.3 is 14.6 Å². The Bertz CT molecular complexity index is 989. The van der Waals surface area contributed by atoms with E-state index in [0.717, 1.165) is 18.7 Å². The van der Waals surface area contributed by atoms with E-state index < -0.39 is 29.1 Å². The Morgan fingerprint density at radius 3 is 2.53 bits per heavy atom. The molecule has 2 aliphatic rings. The van der Waals surface area contributed by atoms with E-state index in [4.69, 9.17) is 12.2 Å². The third-order valence-corrected chi connectivity index (χ3v) is 7.10. The number of rotatable bonds is 5. The lowest BCUT2D eigenvalue weighted by Crippen LogP contribution is -2.48. The zero-order chi connectivity index (χ0) is 21.7. The number of nitrogens with zero attached hydrogens (tertiary/aromatic N) is 4. The summed E-state index contributed by atoms with van der Waals surface area (Å²) in [5, 5.41) is 18.5. The highest BCUT2D eigenvalue weighted by molar-refractivity contribution is 7.71. The maximum atomic E-state index is 13.7. The number of carbonyl (C=O) groups is 1. The van der Waals surface area contributed by atoms with Crippen LogP contribution in [0.2, 0.25) is 0 Å². The quantitative estimate of drug-likeness (QED) is 0.665. The van der Waals surface area contributed by atoms with Gasteiger partial charge in [-0.15, -0.1) is 11.3 Å². The molecule has 0 aromatic carbocycles. The van der Waals surface area contributed by atoms with Gasteiger partial charge >= 0.3 is 6.18 Å². The van der Waals surface area contributed by atoms with E-state index in [1.165, 1.54) is 10.3 Å². The van der Waals surface area contributed by atoms with E-state index in [9.17, 15) is 23.1 Å². The number of hydrogen-bond donors (Lipinski definition) is 2. The monoisotopic (exact) mass is 461 g/mol. The van der Waals surface area contributed by atoms with Gasteiger partial charge in [-0.2, -0.15) is 18.3 Å². The third kappa shape index (κ3) is 3.92. The number of aromatic nitrogens is 4. The average Bonchev–Trinajstić information content (AvgIpc) is 3.30. The summed E-state index contributed by atoms with van der Waals surface area (Å²) in [4.78, 5) is 17.8. The van der Waals surface area contributed by atoms with Crippen molar-refractivity contribution in [2.75, 3.05) is 13.1 Å². The fourth-order valence-electron chi connectivity index (χ4n) is 3.85. The maximum absolute atomic E-state index is 13.7. The van der Waals surface area contributed by atoms with Crippen molar-refractivity contribution in [2.24, 2.45) is 0 Å². The van der Waals surface area contributed by atoms with Crippen LogP contribution in [0, 0.1) is 11.7 Å². The van der Waals surface area contributed by atoms with Gasteiger partial charge in [-0.1, -0.05) is 0 Å². The second kappa shape index (κ2) is 7.72. The molecule has 1 amide bonds. The van der Waals surface area contributed by atoms with Crippen LogP contribution in [-0.2, 0) is 10.4 Å². The summed E-state index contributed by atoms with van der Waals surface area (Å²) in [6.07, 6.45) is -2.79. The second-order valence-corrected chi connectivity index (χ2v) is 9.22. The van der Waals surface area contributed by atoms with Gasteiger partial charge in [-0.3, -0.25) is 9.89 Å². The number of piperidine rings is 1. The zero-order valence-electron chi connectivity index (χ0n) is 16.3. The summed E-state index contributed by atoms with van der Waals surface area (Å²) in [6, 6.07) is 0.370. The normalized spacial score (nSPS) is 20.4. The van der Waals surface area contributed by atoms with E-state index in [1.807, 2.05) is 4.57 Å². The predicted molar refractivity (Wildman–Crippen MR) is 106 cm³/mol. The fraction of sp³-hybridized carbons (Fsp3) is 0.667. The van der Waals surface area contributed by atoms with Gasteiger partial charge in [-0.25, -0.2) is 4.98 Å². The molecule has 1 saturated carbocycles. The first kappa shape index (κ1) is 21.4. The number of alkyl halides is 3. The van der Waals surface area contributed by atoms with E-state index >= 15 is 0 Å². The Morgan fingerprint density at radius 2 is 2.00 bits per heavy atom. The van der Waals surface area contributed by atoms with Gasteiger partial charge in [0.25, 0.3) is 0 Å². The molecule has 0 radical (unpaired) electrons. The van der Waals surface area contributed by atoms with Crippen molar-refractivity contribution < 1.29 is 23.1 Å². The van der Waals surface area contributed by atoms with E-state index in [1.54, 1.807) is 6.92 Å². The van der Waals surface area contributed by atoms with E-state index in [2.05, 4.69) is 15.2 Å². The number of H-pyrrole nitrogens is 1. The third-order valence-electron chi connectivity index (χ3n) is 5.71. The average molecular weight is 462 g/mol. The van der Waals surface area contributed by atoms with Gasteiger partial charge in [0.2, 0.25) is 11.5 Å². The molecular formula is C18H22F3N5O2S2. The SMILES string of the molecule is Cc1csc(C(O)(CC(=O)N2CCC(c3n[nH]c(=S)n3C3CC3)CC2)C(F)(F)F)n1. The molecule has 2 aromatic heterocycles. The molecule has 1 aliphatic heterocycles. The lowest BCUT2D eigenvalue weighted by Gasteiger charge is -2.35. The molecule has 3 heterocycles. The number of aliphatic hydroxyl groups is 1. The first-order chi connectivity index (χ1) is 14.1. The molecule has 164 valence electrons. The summed E-state index contributed by atoms with van der Waals surface area (Å²) in [6.45, 7) is 2.15. The number of halogens is 3. The van der Waals surface area contributed by atoms with Crippen molar-refractivity contribution in [1.29, 1.82) is 0 Å². The topological polar surface area (TPSA) is 87.0 Å². The first-order valence-electron chi connectivity index (χ1n) is 9.76. The van der Waals surface area contributed by atoms with Gasteiger partial charge in [-0.05, 0) is 44.8 Å². The molecule has 12 heteroatoms. The number of carbonyl (C=O) groups excluding carboxylic acids is 1. The van der Waals surface area contributed by atoms with Gasteiger partial charge in [0.1, 0.15) is 10.8 Å². The number of likely N-dealkylation sites (tertiary alicyclic amines) is 1. The molecule has 1 saturated heterocycles. The number of aryl methyl sites for hydroxylation is 1. The van der Waals surface area contributed by atoms with Gasteiger partial charge in [0.05, 0.1) is 6.42 Å². The number of aromatic amines is 1. The van der Waals surface area contributed by atoms with Crippen LogP contribution in [-0.4, -0.2) is 54.9 Å². The largest absolute Gasteiger partial charge is 0.424 e. The first-order valence-corrected chi connectivity index (χ1v) is 11.0. The van der Waals surface area contributed by atoms with Crippen LogP contribution in [0.3, 0.4) is 0 Å². The maximum Gasteiger partial charge on any atom is 0.424 e. The predicted octanol–water partition coefficient (Wildman–Crippen LogP) is 3.59. The number of thiazole rings is 1. The second-order valence-electron chi connectivity index (χ2n) is 7.97. The lowest BCUT2D eigenvalue weighted by molar-refractivity contribution is -0.268. The molecule has 7 nitrogen and oxygen atoms in total. The molecule has 2 aromatic rings. The Balaban J connectivity index is 1.44. The molecule has 0 spiro atoms. The minimum absolute atomic E-state index is 0.0886. The van der Waals surface area contributed by atoms with Crippen molar-refractivity contribution in [1.82, 2.24) is 24.6 Å². The lowest BCUT2D eigenvalue weighted by atomic mass is 9.93. The highest BCUT2D eigenvalue weighted by Crippen LogP contribution is 2.44. The smallest absolute Gasteiger partial charge is 0.374 e. The highest BCUT2D eigenvalue weighted by atomic mass is 32.1. The van der Waals surface area contributed by atoms with Crippen LogP contribution in [0.1, 0.15) is 60.6 Å². The molecule has 30 heavy (non-hydrogen) atoms. The van der Waals surface area contributed by atoms with Crippen molar-refractivity contribution in [3.8, 4) is 0 Å². The van der Waals surface area contributed by atoms with Crippen molar-refractivity contribution >= 4 is 29.5 Å². The minimum Gasteiger partial charge on any atom is -0.374 e. The van der Waals surface area contributed by atoms with Gasteiger partial charge in [0, 0.05) is 36.1 Å². The highest BCUT2D eigenvalue weighted by Gasteiger charge is 2.58. The van der Waals surface area contributed by atoms with E-state index in [0.29, 0.717) is 53.8 Å². The summed E-state index contributed by atoms with van der Waals surface area (Å²) < 4.78 is 43.6. The van der Waals surface area contributed by atoms with Crippen LogP contribution in [0.4, 0.5) is 13.2 Å². The molecule has 0 bridgehead atoms. The number of nitrogens with one attached hydrogen (secondary N) is 1. The molecule has 4 rings (SSSR count). The van der Waals surface area contributed by atoms with Crippen LogP contribution < -0.4 is 0 Å². The van der Waals surface area contributed by atoms with Crippen LogP contribution >= 0.6 is 23.6 Å². The summed E-state index contributed by atoms with van der Waals surface area (Å²) >= 11 is 6.01. The fourth-order valence-corrected chi connectivity index (χ4v) is 5.05. The molecule has 2 fully saturated rings. The molecule has 2 N–H and O–H groups in total. The Labute approximate surface area is 179 Å².